The molecule has 1 aromatic carbocycles. The molecule has 1 saturated heterocycles. The van der Waals surface area contributed by atoms with Crippen molar-refractivity contribution in [2.45, 2.75) is 57.5 Å². The van der Waals surface area contributed by atoms with Gasteiger partial charge >= 0.3 is 5.97 Å². The zero-order valence-electron chi connectivity index (χ0n) is 20.3. The molecule has 1 aromatic rings. The third-order valence-corrected chi connectivity index (χ3v) is 6.82. The lowest BCUT2D eigenvalue weighted by Crippen LogP contribution is -2.50. The SMILES string of the molecule is COC(=O)[C@H](CNCc1ccccc1)NC(=O)[C@@H](CC(=O)N1CCOCC1)CC1CCCCC1. The van der Waals surface area contributed by atoms with E-state index >= 15 is 0 Å². The van der Waals surface area contributed by atoms with Gasteiger partial charge in [0.05, 0.1) is 20.3 Å². The van der Waals surface area contributed by atoms with Crippen molar-refractivity contribution in [1.29, 1.82) is 0 Å². The zero-order valence-corrected chi connectivity index (χ0v) is 20.3. The molecule has 0 bridgehead atoms. The average Bonchev–Trinajstić information content (AvgIpc) is 2.88. The first-order chi connectivity index (χ1) is 16.6. The summed E-state index contributed by atoms with van der Waals surface area (Å²) in [6, 6.07) is 9.04. The quantitative estimate of drug-likeness (QED) is 0.479. The largest absolute Gasteiger partial charge is 0.467 e. The van der Waals surface area contributed by atoms with Crippen molar-refractivity contribution in [3.8, 4) is 0 Å². The fraction of sp³-hybridized carbons (Fsp3) is 0.654. The minimum atomic E-state index is -0.812. The van der Waals surface area contributed by atoms with Crippen LogP contribution in [-0.4, -0.2) is 68.7 Å². The fourth-order valence-corrected chi connectivity index (χ4v) is 4.84. The Hall–Kier alpha value is -2.45. The minimum Gasteiger partial charge on any atom is -0.467 e. The molecular formula is C26H39N3O5. The molecular weight excluding hydrogens is 434 g/mol. The second-order valence-electron chi connectivity index (χ2n) is 9.33. The highest BCUT2D eigenvalue weighted by atomic mass is 16.5. The summed E-state index contributed by atoms with van der Waals surface area (Å²) < 4.78 is 10.3. The highest BCUT2D eigenvalue weighted by Crippen LogP contribution is 2.30. The van der Waals surface area contributed by atoms with Crippen LogP contribution >= 0.6 is 0 Å². The van der Waals surface area contributed by atoms with Crippen molar-refractivity contribution < 1.29 is 23.9 Å². The number of benzene rings is 1. The number of hydrogen-bond donors (Lipinski definition) is 2. The lowest BCUT2D eigenvalue weighted by atomic mass is 9.81. The number of carbonyl (C=O) groups is 3. The van der Waals surface area contributed by atoms with E-state index in [0.717, 1.165) is 18.4 Å². The Labute approximate surface area is 202 Å². The summed E-state index contributed by atoms with van der Waals surface area (Å²) >= 11 is 0. The Bertz CT molecular complexity index is 776. The van der Waals surface area contributed by atoms with Gasteiger partial charge in [-0.15, -0.1) is 0 Å². The van der Waals surface area contributed by atoms with Crippen molar-refractivity contribution in [2.75, 3.05) is 40.0 Å². The van der Waals surface area contributed by atoms with Crippen LogP contribution in [0.4, 0.5) is 0 Å². The number of ether oxygens (including phenoxy) is 2. The molecule has 0 spiro atoms. The van der Waals surface area contributed by atoms with Gasteiger partial charge in [-0.05, 0) is 17.9 Å². The summed E-state index contributed by atoms with van der Waals surface area (Å²) in [5.41, 5.74) is 1.09. The fourth-order valence-electron chi connectivity index (χ4n) is 4.84. The molecule has 34 heavy (non-hydrogen) atoms. The van der Waals surface area contributed by atoms with Gasteiger partial charge in [-0.25, -0.2) is 4.79 Å². The van der Waals surface area contributed by atoms with E-state index in [0.29, 0.717) is 45.2 Å². The molecule has 2 atom stereocenters. The molecule has 1 saturated carbocycles. The summed E-state index contributed by atoms with van der Waals surface area (Å²) in [6.45, 7) is 3.01. The average molecular weight is 474 g/mol. The van der Waals surface area contributed by atoms with E-state index in [4.69, 9.17) is 9.47 Å². The standard InChI is InChI=1S/C26H39N3O5/c1-33-26(32)23(19-27-18-21-10-6-3-7-11-21)28-25(31)22(16-20-8-4-2-5-9-20)17-24(30)29-12-14-34-15-13-29/h3,6-7,10-11,20,22-23,27H,2,4-5,8-9,12-19H2,1H3,(H,28,31)/t22-,23+/m1/s1. The summed E-state index contributed by atoms with van der Waals surface area (Å²) in [6.07, 6.45) is 6.59. The van der Waals surface area contributed by atoms with Crippen LogP contribution < -0.4 is 10.6 Å². The molecule has 8 heteroatoms. The van der Waals surface area contributed by atoms with E-state index in [-0.39, 0.29) is 24.8 Å². The Morgan fingerprint density at radius 2 is 1.79 bits per heavy atom. The second kappa shape index (κ2) is 14.1. The number of esters is 1. The monoisotopic (exact) mass is 473 g/mol. The summed E-state index contributed by atoms with van der Waals surface area (Å²) in [5.74, 6) is -0.778. The molecule has 1 aliphatic heterocycles. The van der Waals surface area contributed by atoms with Gasteiger partial charge < -0.3 is 25.0 Å². The van der Waals surface area contributed by atoms with Gasteiger partial charge in [0, 0.05) is 38.5 Å². The molecule has 2 N–H and O–H groups in total. The number of methoxy groups -OCH3 is 1. The van der Waals surface area contributed by atoms with Crippen LogP contribution in [0.5, 0.6) is 0 Å². The second-order valence-corrected chi connectivity index (χ2v) is 9.33. The van der Waals surface area contributed by atoms with E-state index in [2.05, 4.69) is 10.6 Å². The molecule has 1 heterocycles. The number of nitrogens with one attached hydrogen (secondary N) is 2. The van der Waals surface area contributed by atoms with Crippen molar-refractivity contribution >= 4 is 17.8 Å². The van der Waals surface area contributed by atoms with Crippen LogP contribution in [0.25, 0.3) is 0 Å². The van der Waals surface area contributed by atoms with Crippen LogP contribution in [0.15, 0.2) is 30.3 Å². The molecule has 2 fully saturated rings. The van der Waals surface area contributed by atoms with Crippen LogP contribution in [0.2, 0.25) is 0 Å². The van der Waals surface area contributed by atoms with Gasteiger partial charge in [0.1, 0.15) is 6.04 Å². The Balaban J connectivity index is 1.61. The van der Waals surface area contributed by atoms with Gasteiger partial charge in [-0.1, -0.05) is 62.4 Å². The predicted octanol–water partition coefficient (Wildman–Crippen LogP) is 2.27. The van der Waals surface area contributed by atoms with E-state index in [1.165, 1.54) is 26.4 Å². The third-order valence-electron chi connectivity index (χ3n) is 6.82. The Morgan fingerprint density at radius 3 is 2.47 bits per heavy atom. The highest BCUT2D eigenvalue weighted by molar-refractivity contribution is 5.89. The van der Waals surface area contributed by atoms with E-state index in [1.54, 1.807) is 4.90 Å². The molecule has 0 unspecified atom stereocenters. The van der Waals surface area contributed by atoms with Gasteiger partial charge in [-0.3, -0.25) is 9.59 Å². The van der Waals surface area contributed by atoms with E-state index in [9.17, 15) is 14.4 Å². The van der Waals surface area contributed by atoms with Crippen molar-refractivity contribution in [3.05, 3.63) is 35.9 Å². The number of rotatable bonds is 11. The lowest BCUT2D eigenvalue weighted by molar-refractivity contribution is -0.146. The Morgan fingerprint density at radius 1 is 1.09 bits per heavy atom. The molecule has 3 rings (SSSR count). The van der Waals surface area contributed by atoms with E-state index < -0.39 is 17.9 Å². The first kappa shape index (κ1) is 26.2. The summed E-state index contributed by atoms with van der Waals surface area (Å²) in [7, 11) is 1.32. The molecule has 2 amide bonds. The zero-order chi connectivity index (χ0) is 24.2. The lowest BCUT2D eigenvalue weighted by Gasteiger charge is -2.30. The summed E-state index contributed by atoms with van der Waals surface area (Å²) in [4.78, 5) is 40.5. The highest BCUT2D eigenvalue weighted by Gasteiger charge is 2.31. The summed E-state index contributed by atoms with van der Waals surface area (Å²) in [5, 5.41) is 6.11. The van der Waals surface area contributed by atoms with Crippen LogP contribution in [0, 0.1) is 11.8 Å². The number of morpholine rings is 1. The normalized spacial score (nSPS) is 18.7. The first-order valence-corrected chi connectivity index (χ1v) is 12.5. The van der Waals surface area contributed by atoms with Gasteiger partial charge in [0.25, 0.3) is 0 Å². The van der Waals surface area contributed by atoms with Crippen LogP contribution in [0.3, 0.4) is 0 Å². The first-order valence-electron chi connectivity index (χ1n) is 12.5. The molecule has 0 aromatic heterocycles. The smallest absolute Gasteiger partial charge is 0.329 e. The maximum Gasteiger partial charge on any atom is 0.329 e. The molecule has 188 valence electrons. The molecule has 8 nitrogen and oxygen atoms in total. The van der Waals surface area contributed by atoms with Gasteiger partial charge in [0.15, 0.2) is 0 Å². The topological polar surface area (TPSA) is 97.0 Å². The predicted molar refractivity (Wildman–Crippen MR) is 129 cm³/mol. The van der Waals surface area contributed by atoms with E-state index in [1.807, 2.05) is 30.3 Å². The Kier molecular flexibility index (Phi) is 10.8. The third kappa shape index (κ3) is 8.40. The molecule has 1 aliphatic carbocycles. The molecule has 2 aliphatic rings. The van der Waals surface area contributed by atoms with Gasteiger partial charge in [0.2, 0.25) is 11.8 Å². The van der Waals surface area contributed by atoms with Crippen molar-refractivity contribution in [1.82, 2.24) is 15.5 Å². The number of carbonyl (C=O) groups excluding carboxylic acids is 3. The number of nitrogens with zero attached hydrogens (tertiary/aromatic N) is 1. The number of hydrogen-bond acceptors (Lipinski definition) is 6. The van der Waals surface area contributed by atoms with Crippen LogP contribution in [0.1, 0.15) is 50.5 Å². The van der Waals surface area contributed by atoms with Gasteiger partial charge in [-0.2, -0.15) is 0 Å². The minimum absolute atomic E-state index is 0.0175. The van der Waals surface area contributed by atoms with Crippen molar-refractivity contribution in [2.24, 2.45) is 11.8 Å². The van der Waals surface area contributed by atoms with Crippen molar-refractivity contribution in [3.63, 3.8) is 0 Å². The van der Waals surface area contributed by atoms with Crippen LogP contribution in [-0.2, 0) is 30.4 Å². The number of amides is 2. The maximum absolute atomic E-state index is 13.4. The molecule has 0 radical (unpaired) electrons. The maximum atomic E-state index is 13.4.